The second kappa shape index (κ2) is 6.37. The predicted molar refractivity (Wildman–Crippen MR) is 82.9 cm³/mol. The molecule has 21 heavy (non-hydrogen) atoms. The minimum Gasteiger partial charge on any atom is -0.314 e. The monoisotopic (exact) mass is 285 g/mol. The molecule has 2 aromatic rings. The van der Waals surface area contributed by atoms with E-state index >= 15 is 0 Å². The molecule has 3 heterocycles. The van der Waals surface area contributed by atoms with Crippen LogP contribution in [0.4, 0.5) is 0 Å². The van der Waals surface area contributed by atoms with Crippen LogP contribution in [0.5, 0.6) is 0 Å². The van der Waals surface area contributed by atoms with Gasteiger partial charge in [-0.1, -0.05) is 6.07 Å². The molecule has 0 saturated carbocycles. The van der Waals surface area contributed by atoms with Gasteiger partial charge in [0.1, 0.15) is 0 Å². The van der Waals surface area contributed by atoms with Crippen LogP contribution in [0.2, 0.25) is 0 Å². The summed E-state index contributed by atoms with van der Waals surface area (Å²) in [5.74, 6) is 0. The molecule has 5 heteroatoms. The Balaban J connectivity index is 1.80. The summed E-state index contributed by atoms with van der Waals surface area (Å²) >= 11 is 0. The average molecular weight is 285 g/mol. The van der Waals surface area contributed by atoms with Crippen LogP contribution in [0, 0.1) is 0 Å². The Morgan fingerprint density at radius 3 is 3.00 bits per heavy atom. The van der Waals surface area contributed by atoms with Crippen molar-refractivity contribution in [2.45, 2.75) is 32.5 Å². The van der Waals surface area contributed by atoms with Crippen molar-refractivity contribution in [2.75, 3.05) is 19.6 Å². The van der Waals surface area contributed by atoms with Gasteiger partial charge in [0, 0.05) is 56.9 Å². The first-order valence-corrected chi connectivity index (χ1v) is 7.63. The summed E-state index contributed by atoms with van der Waals surface area (Å²) in [6.07, 6.45) is 5.71. The standard InChI is InChI=1S/C16H23N5/c1-13(2)21-15(5-7-19-21)12-20-9-8-18-11-16(20)14-4-3-6-17-10-14/h3-7,10,13,16,18H,8-9,11-12H2,1-2H3. The van der Waals surface area contributed by atoms with Gasteiger partial charge >= 0.3 is 0 Å². The number of hydrogen-bond acceptors (Lipinski definition) is 4. The second-order valence-electron chi connectivity index (χ2n) is 5.84. The van der Waals surface area contributed by atoms with Crippen LogP contribution in [0.15, 0.2) is 36.8 Å². The molecule has 1 atom stereocenters. The number of nitrogens with zero attached hydrogens (tertiary/aromatic N) is 4. The van der Waals surface area contributed by atoms with Crippen LogP contribution in [-0.2, 0) is 6.54 Å². The highest BCUT2D eigenvalue weighted by Gasteiger charge is 2.25. The Hall–Kier alpha value is -1.72. The van der Waals surface area contributed by atoms with E-state index in [1.165, 1.54) is 11.3 Å². The van der Waals surface area contributed by atoms with Gasteiger partial charge in [0.2, 0.25) is 0 Å². The fourth-order valence-electron chi connectivity index (χ4n) is 2.98. The molecule has 0 aromatic carbocycles. The van der Waals surface area contributed by atoms with Crippen molar-refractivity contribution in [3.05, 3.63) is 48.0 Å². The summed E-state index contributed by atoms with van der Waals surface area (Å²) in [5, 5.41) is 7.93. The lowest BCUT2D eigenvalue weighted by Gasteiger charge is -2.36. The summed E-state index contributed by atoms with van der Waals surface area (Å²) in [4.78, 5) is 6.78. The van der Waals surface area contributed by atoms with Gasteiger partial charge in [-0.3, -0.25) is 14.6 Å². The molecule has 1 aliphatic rings. The Kier molecular flexibility index (Phi) is 4.31. The molecule has 1 N–H and O–H groups in total. The Bertz CT molecular complexity index is 563. The van der Waals surface area contributed by atoms with Crippen molar-refractivity contribution >= 4 is 0 Å². The topological polar surface area (TPSA) is 46.0 Å². The van der Waals surface area contributed by atoms with E-state index in [0.29, 0.717) is 12.1 Å². The van der Waals surface area contributed by atoms with E-state index in [1.807, 2.05) is 24.7 Å². The van der Waals surface area contributed by atoms with Gasteiger partial charge in [-0.25, -0.2) is 0 Å². The lowest BCUT2D eigenvalue weighted by molar-refractivity contribution is 0.148. The first kappa shape index (κ1) is 14.2. The van der Waals surface area contributed by atoms with Crippen molar-refractivity contribution < 1.29 is 0 Å². The highest BCUT2D eigenvalue weighted by Crippen LogP contribution is 2.24. The molecule has 1 saturated heterocycles. The molecule has 3 rings (SSSR count). The van der Waals surface area contributed by atoms with Gasteiger partial charge in [-0.2, -0.15) is 5.10 Å². The minimum atomic E-state index is 0.378. The van der Waals surface area contributed by atoms with Crippen LogP contribution in [0.25, 0.3) is 0 Å². The zero-order valence-corrected chi connectivity index (χ0v) is 12.7. The molecule has 0 amide bonds. The molecule has 0 aliphatic carbocycles. The van der Waals surface area contributed by atoms with Crippen molar-refractivity contribution in [3.8, 4) is 0 Å². The molecule has 1 aliphatic heterocycles. The Labute approximate surface area is 126 Å². The van der Waals surface area contributed by atoms with E-state index in [1.54, 1.807) is 0 Å². The average Bonchev–Trinajstić information content (AvgIpc) is 2.97. The van der Waals surface area contributed by atoms with Crippen LogP contribution in [-0.4, -0.2) is 39.3 Å². The molecule has 1 fully saturated rings. The van der Waals surface area contributed by atoms with Gasteiger partial charge in [-0.15, -0.1) is 0 Å². The molecule has 1 unspecified atom stereocenters. The summed E-state index contributed by atoms with van der Waals surface area (Å²) in [6, 6.07) is 7.08. The summed E-state index contributed by atoms with van der Waals surface area (Å²) < 4.78 is 2.11. The second-order valence-corrected chi connectivity index (χ2v) is 5.84. The summed E-state index contributed by atoms with van der Waals surface area (Å²) in [7, 11) is 0. The zero-order valence-electron chi connectivity index (χ0n) is 12.7. The Morgan fingerprint density at radius 1 is 1.33 bits per heavy atom. The van der Waals surface area contributed by atoms with Gasteiger partial charge in [0.25, 0.3) is 0 Å². The zero-order chi connectivity index (χ0) is 14.7. The van der Waals surface area contributed by atoms with E-state index in [-0.39, 0.29) is 0 Å². The maximum atomic E-state index is 4.44. The number of rotatable bonds is 4. The third-order valence-corrected chi connectivity index (χ3v) is 4.03. The fourth-order valence-corrected chi connectivity index (χ4v) is 2.98. The number of nitrogens with one attached hydrogen (secondary N) is 1. The van der Waals surface area contributed by atoms with Gasteiger partial charge < -0.3 is 5.32 Å². The lowest BCUT2D eigenvalue weighted by atomic mass is 10.1. The SMILES string of the molecule is CC(C)n1nccc1CN1CCNCC1c1cccnc1. The molecule has 112 valence electrons. The highest BCUT2D eigenvalue weighted by molar-refractivity contribution is 5.16. The quantitative estimate of drug-likeness (QED) is 0.933. The van der Waals surface area contributed by atoms with Crippen LogP contribution in [0.3, 0.4) is 0 Å². The van der Waals surface area contributed by atoms with Crippen molar-refractivity contribution in [2.24, 2.45) is 0 Å². The fraction of sp³-hybridized carbons (Fsp3) is 0.500. The van der Waals surface area contributed by atoms with E-state index in [9.17, 15) is 0 Å². The summed E-state index contributed by atoms with van der Waals surface area (Å²) in [5.41, 5.74) is 2.56. The van der Waals surface area contributed by atoms with Gasteiger partial charge in [0.05, 0.1) is 5.69 Å². The number of aromatic nitrogens is 3. The number of piperazine rings is 1. The minimum absolute atomic E-state index is 0.378. The van der Waals surface area contributed by atoms with Crippen LogP contribution < -0.4 is 5.32 Å². The van der Waals surface area contributed by atoms with Crippen molar-refractivity contribution in [1.29, 1.82) is 0 Å². The van der Waals surface area contributed by atoms with E-state index in [0.717, 1.165) is 26.2 Å². The van der Waals surface area contributed by atoms with Gasteiger partial charge in [0.15, 0.2) is 0 Å². The lowest BCUT2D eigenvalue weighted by Crippen LogP contribution is -2.45. The highest BCUT2D eigenvalue weighted by atomic mass is 15.3. The van der Waals surface area contributed by atoms with Gasteiger partial charge in [-0.05, 0) is 31.5 Å². The Morgan fingerprint density at radius 2 is 2.24 bits per heavy atom. The predicted octanol–water partition coefficient (Wildman–Crippen LogP) is 2.01. The molecule has 2 aromatic heterocycles. The summed E-state index contributed by atoms with van der Waals surface area (Å²) in [6.45, 7) is 8.33. The van der Waals surface area contributed by atoms with E-state index < -0.39 is 0 Å². The largest absolute Gasteiger partial charge is 0.314 e. The molecule has 0 bridgehead atoms. The van der Waals surface area contributed by atoms with Crippen molar-refractivity contribution in [1.82, 2.24) is 25.0 Å². The third-order valence-electron chi connectivity index (χ3n) is 4.03. The van der Waals surface area contributed by atoms with E-state index in [2.05, 4.69) is 51.0 Å². The normalized spacial score (nSPS) is 20.0. The van der Waals surface area contributed by atoms with E-state index in [4.69, 9.17) is 0 Å². The van der Waals surface area contributed by atoms with Crippen LogP contribution >= 0.6 is 0 Å². The number of hydrogen-bond donors (Lipinski definition) is 1. The van der Waals surface area contributed by atoms with Crippen molar-refractivity contribution in [3.63, 3.8) is 0 Å². The molecule has 0 spiro atoms. The van der Waals surface area contributed by atoms with Crippen LogP contribution in [0.1, 0.15) is 37.2 Å². The third kappa shape index (κ3) is 3.14. The maximum Gasteiger partial charge on any atom is 0.0527 e. The first-order valence-electron chi connectivity index (χ1n) is 7.63. The molecular weight excluding hydrogens is 262 g/mol. The molecular formula is C16H23N5. The molecule has 5 nitrogen and oxygen atoms in total. The molecule has 0 radical (unpaired) electrons. The first-order chi connectivity index (χ1) is 10.3. The smallest absolute Gasteiger partial charge is 0.0527 e. The number of pyridine rings is 1. The maximum absolute atomic E-state index is 4.44.